The topological polar surface area (TPSA) is 46.5 Å². The molecule has 216 valence electrons. The molecule has 0 aromatic heterocycles. The van der Waals surface area contributed by atoms with E-state index in [1.54, 1.807) is 19.9 Å². The number of sulfone groups is 1. The number of halogens is 5. The predicted octanol–water partition coefficient (Wildman–Crippen LogP) is 9.12. The summed E-state index contributed by atoms with van der Waals surface area (Å²) < 4.78 is 93.4. The summed E-state index contributed by atoms with van der Waals surface area (Å²) in [6, 6.07) is 5.08. The highest BCUT2D eigenvalue weighted by atomic mass is 32.2. The van der Waals surface area contributed by atoms with Gasteiger partial charge < -0.3 is 0 Å². The second-order valence-electron chi connectivity index (χ2n) is 11.2. The van der Waals surface area contributed by atoms with Gasteiger partial charge >= 0.3 is 6.18 Å². The van der Waals surface area contributed by atoms with E-state index < -0.39 is 32.4 Å². The summed E-state index contributed by atoms with van der Waals surface area (Å²) in [5.74, 6) is -2.91. The third-order valence-corrected chi connectivity index (χ3v) is 10.8. The van der Waals surface area contributed by atoms with Crippen LogP contribution in [-0.4, -0.2) is 25.1 Å². The van der Waals surface area contributed by atoms with Gasteiger partial charge in [-0.15, -0.1) is 0 Å². The van der Waals surface area contributed by atoms with Gasteiger partial charge in [0.2, 0.25) is 0 Å². The average molecular weight is 572 g/mol. The van der Waals surface area contributed by atoms with Crippen molar-refractivity contribution >= 4 is 15.5 Å². The van der Waals surface area contributed by atoms with Crippen LogP contribution in [0, 0.1) is 11.8 Å². The number of alkyl halides is 5. The molecular weight excluding hydrogens is 533 g/mol. The van der Waals surface area contributed by atoms with E-state index in [9.17, 15) is 30.4 Å². The fourth-order valence-corrected chi connectivity index (χ4v) is 7.17. The number of unbranched alkanes of at least 4 members (excludes halogenated alkanes) is 1. The van der Waals surface area contributed by atoms with Crippen LogP contribution >= 0.6 is 0 Å². The molecule has 3 nitrogen and oxygen atoms in total. The molecule has 0 N–H and O–H groups in total. The van der Waals surface area contributed by atoms with E-state index in [1.807, 2.05) is 6.92 Å². The Kier molecular flexibility index (Phi) is 9.67. The van der Waals surface area contributed by atoms with Gasteiger partial charge in [-0.25, -0.2) is 8.42 Å². The zero-order chi connectivity index (χ0) is 29.1. The molecule has 0 saturated heterocycles. The maximum absolute atomic E-state index is 14.4. The van der Waals surface area contributed by atoms with Gasteiger partial charge in [0.15, 0.2) is 9.84 Å². The number of hydrogen-bond acceptors (Lipinski definition) is 3. The number of hydrogen-bond donors (Lipinski definition) is 0. The van der Waals surface area contributed by atoms with E-state index in [4.69, 9.17) is 0 Å². The molecule has 0 unspecified atom stereocenters. The molecule has 39 heavy (non-hydrogen) atoms. The first-order chi connectivity index (χ1) is 18.1. The number of allylic oxidation sites excluding steroid dienone is 5. The fraction of sp³-hybridized carbons (Fsp3) is 0.567. The first-order valence-corrected chi connectivity index (χ1v) is 14.9. The average Bonchev–Trinajstić information content (AvgIpc) is 2.80. The summed E-state index contributed by atoms with van der Waals surface area (Å²) in [6.45, 7) is 6.73. The van der Waals surface area contributed by atoms with Crippen LogP contribution < -0.4 is 0 Å². The zero-order valence-corrected chi connectivity index (χ0v) is 23.8. The summed E-state index contributed by atoms with van der Waals surface area (Å²) in [6.07, 6.45) is 5.81. The molecule has 1 aliphatic carbocycles. The lowest BCUT2D eigenvalue weighted by Crippen LogP contribution is -2.46. The molecule has 1 heterocycles. The summed E-state index contributed by atoms with van der Waals surface area (Å²) in [7, 11) is -3.84. The second kappa shape index (κ2) is 12.1. The normalized spacial score (nSPS) is 21.5. The molecule has 3 rings (SSSR count). The van der Waals surface area contributed by atoms with E-state index >= 15 is 0 Å². The monoisotopic (exact) mass is 571 g/mol. The Morgan fingerprint density at radius 2 is 1.74 bits per heavy atom. The van der Waals surface area contributed by atoms with Crippen LogP contribution in [0.3, 0.4) is 0 Å². The standard InChI is InChI=1S/C30H38F5NO2S/c1-5-16-29(31,32)24-11-8-12-26(20-24)39(37,38)28(3,4)25-18-22(19-25)9-6-7-10-23-15-17-36-27(30(33,34)35)14-13-21(23)2/h5,8,11-12,15-17,20,22,25H,6-7,9-10,13-14,18-19H2,1-4H3. The molecule has 0 spiro atoms. The van der Waals surface area contributed by atoms with E-state index in [2.05, 4.69) is 4.99 Å². The van der Waals surface area contributed by atoms with Gasteiger partial charge in [0.1, 0.15) is 5.71 Å². The van der Waals surface area contributed by atoms with Crippen molar-refractivity contribution in [1.29, 1.82) is 0 Å². The minimum atomic E-state index is -4.40. The van der Waals surface area contributed by atoms with Crippen molar-refractivity contribution in [3.63, 3.8) is 0 Å². The van der Waals surface area contributed by atoms with Crippen LogP contribution in [0.5, 0.6) is 0 Å². The molecule has 1 aliphatic heterocycles. The molecule has 0 amide bonds. The highest BCUT2D eigenvalue weighted by molar-refractivity contribution is 7.92. The van der Waals surface area contributed by atoms with E-state index in [0.717, 1.165) is 61.8 Å². The molecule has 1 aromatic carbocycles. The Morgan fingerprint density at radius 3 is 2.38 bits per heavy atom. The van der Waals surface area contributed by atoms with Crippen LogP contribution in [0.4, 0.5) is 22.0 Å². The van der Waals surface area contributed by atoms with Crippen molar-refractivity contribution in [3.8, 4) is 0 Å². The quantitative estimate of drug-likeness (QED) is 0.160. The van der Waals surface area contributed by atoms with E-state index in [-0.39, 0.29) is 22.8 Å². The van der Waals surface area contributed by atoms with Gasteiger partial charge in [-0.3, -0.25) is 4.99 Å². The van der Waals surface area contributed by atoms with E-state index in [0.29, 0.717) is 12.3 Å². The number of rotatable bonds is 10. The molecule has 0 bridgehead atoms. The van der Waals surface area contributed by atoms with Crippen molar-refractivity contribution in [1.82, 2.24) is 0 Å². The molecule has 0 radical (unpaired) electrons. The van der Waals surface area contributed by atoms with Crippen LogP contribution in [-0.2, 0) is 15.8 Å². The summed E-state index contributed by atoms with van der Waals surface area (Å²) in [4.78, 5) is 3.52. The van der Waals surface area contributed by atoms with Crippen molar-refractivity contribution in [2.45, 2.75) is 101 Å². The predicted molar refractivity (Wildman–Crippen MR) is 146 cm³/mol. The number of aliphatic imine (C=N–C) groups is 1. The minimum absolute atomic E-state index is 0.0635. The Bertz CT molecular complexity index is 1250. The zero-order valence-electron chi connectivity index (χ0n) is 23.0. The number of benzene rings is 1. The molecule has 1 aromatic rings. The molecule has 2 aliphatic rings. The van der Waals surface area contributed by atoms with Crippen molar-refractivity contribution in [3.05, 3.63) is 65.4 Å². The third-order valence-electron chi connectivity index (χ3n) is 8.24. The van der Waals surface area contributed by atoms with Gasteiger partial charge in [0, 0.05) is 11.8 Å². The molecule has 9 heteroatoms. The SMILES string of the molecule is CC=CC(F)(F)c1cccc(S(=O)(=O)C(C)(C)C2CC(CCCCC3=C(C)CCC(C(F)(F)F)=NC=C3)C2)c1. The maximum Gasteiger partial charge on any atom is 0.429 e. The Balaban J connectivity index is 1.53. The van der Waals surface area contributed by atoms with Crippen molar-refractivity contribution < 1.29 is 30.4 Å². The third kappa shape index (κ3) is 7.27. The first kappa shape index (κ1) is 31.2. The Hall–Kier alpha value is -2.29. The molecular formula is C30H38F5NO2S. The second-order valence-corrected chi connectivity index (χ2v) is 13.8. The van der Waals surface area contributed by atoms with Crippen LogP contribution in [0.1, 0.15) is 84.6 Å². The Labute approximate surface area is 228 Å². The van der Waals surface area contributed by atoms with Gasteiger partial charge in [-0.2, -0.15) is 22.0 Å². The van der Waals surface area contributed by atoms with Gasteiger partial charge in [-0.05, 0) is 108 Å². The van der Waals surface area contributed by atoms with Gasteiger partial charge in [-0.1, -0.05) is 36.6 Å². The Morgan fingerprint density at radius 1 is 1.05 bits per heavy atom. The van der Waals surface area contributed by atoms with Gasteiger partial charge in [0.25, 0.3) is 5.92 Å². The minimum Gasteiger partial charge on any atom is -0.256 e. The highest BCUT2D eigenvalue weighted by Crippen LogP contribution is 2.48. The van der Waals surface area contributed by atoms with Gasteiger partial charge in [0.05, 0.1) is 9.64 Å². The maximum atomic E-state index is 14.4. The molecule has 1 saturated carbocycles. The summed E-state index contributed by atoms with van der Waals surface area (Å²) >= 11 is 0. The van der Waals surface area contributed by atoms with Crippen LogP contribution in [0.25, 0.3) is 0 Å². The summed E-state index contributed by atoms with van der Waals surface area (Å²) in [5, 5.41) is 0. The fourth-order valence-electron chi connectivity index (χ4n) is 5.39. The molecule has 1 fully saturated rings. The smallest absolute Gasteiger partial charge is 0.256 e. The number of nitrogens with zero attached hydrogens (tertiary/aromatic N) is 1. The lowest BCUT2D eigenvalue weighted by Gasteiger charge is -2.45. The summed E-state index contributed by atoms with van der Waals surface area (Å²) in [5.41, 5.74) is 0.883. The molecule has 0 atom stereocenters. The highest BCUT2D eigenvalue weighted by Gasteiger charge is 2.48. The first-order valence-electron chi connectivity index (χ1n) is 13.5. The van der Waals surface area contributed by atoms with Crippen molar-refractivity contribution in [2.24, 2.45) is 16.8 Å². The largest absolute Gasteiger partial charge is 0.429 e. The van der Waals surface area contributed by atoms with Crippen LogP contribution in [0.2, 0.25) is 0 Å². The van der Waals surface area contributed by atoms with Crippen LogP contribution in [0.15, 0.2) is 69.7 Å². The van der Waals surface area contributed by atoms with E-state index in [1.165, 1.54) is 37.4 Å². The van der Waals surface area contributed by atoms with Crippen molar-refractivity contribution in [2.75, 3.05) is 0 Å². The lowest BCUT2D eigenvalue weighted by atomic mass is 9.67. The lowest BCUT2D eigenvalue weighted by molar-refractivity contribution is -0.0604.